The number of thiocarbonyl (C=S) groups is 1. The van der Waals surface area contributed by atoms with E-state index in [0.29, 0.717) is 18.3 Å². The average Bonchev–Trinajstić information content (AvgIpc) is 3.17. The largest absolute Gasteiger partial charge is 0.497 e. The first-order valence-corrected chi connectivity index (χ1v) is 9.73. The second kappa shape index (κ2) is 7.64. The summed E-state index contributed by atoms with van der Waals surface area (Å²) in [5.41, 5.74) is 2.00. The molecule has 0 aromatic heterocycles. The van der Waals surface area contributed by atoms with Gasteiger partial charge in [-0.2, -0.15) is 0 Å². The molecule has 0 unspecified atom stereocenters. The van der Waals surface area contributed by atoms with E-state index < -0.39 is 0 Å². The third-order valence-corrected chi connectivity index (χ3v) is 5.46. The first-order chi connectivity index (χ1) is 13.2. The highest BCUT2D eigenvalue weighted by molar-refractivity contribution is 7.80. The number of fused-ring (bicyclic) bond motifs is 1. The van der Waals surface area contributed by atoms with Crippen LogP contribution in [0.5, 0.6) is 17.2 Å². The van der Waals surface area contributed by atoms with Gasteiger partial charge in [-0.15, -0.1) is 0 Å². The van der Waals surface area contributed by atoms with Gasteiger partial charge in [0.15, 0.2) is 16.6 Å². The Morgan fingerprint density at radius 2 is 1.70 bits per heavy atom. The molecule has 5 nitrogen and oxygen atoms in total. The first-order valence-electron chi connectivity index (χ1n) is 9.32. The standard InChI is InChI=1S/C21H24N2O3S/c1-24-17-7-4-15(5-8-17)21(10-2-3-11-21)23-20(27)22-16-6-9-18-19(14-16)26-13-12-25-18/h4-9,14H,2-3,10-13H2,1H3,(H2,22,23,27). The van der Waals surface area contributed by atoms with Crippen molar-refractivity contribution in [2.24, 2.45) is 0 Å². The summed E-state index contributed by atoms with van der Waals surface area (Å²) in [4.78, 5) is 0. The molecule has 0 saturated heterocycles. The smallest absolute Gasteiger partial charge is 0.171 e. The lowest BCUT2D eigenvalue weighted by atomic mass is 9.88. The van der Waals surface area contributed by atoms with Crippen LogP contribution in [0.15, 0.2) is 42.5 Å². The molecule has 142 valence electrons. The third kappa shape index (κ3) is 3.81. The normalized spacial score (nSPS) is 17.2. The van der Waals surface area contributed by atoms with Gasteiger partial charge in [0.2, 0.25) is 0 Å². The molecule has 2 N–H and O–H groups in total. The second-order valence-electron chi connectivity index (χ2n) is 6.96. The van der Waals surface area contributed by atoms with Crippen molar-refractivity contribution < 1.29 is 14.2 Å². The van der Waals surface area contributed by atoms with Crippen molar-refractivity contribution in [3.63, 3.8) is 0 Å². The molecule has 27 heavy (non-hydrogen) atoms. The van der Waals surface area contributed by atoms with Crippen LogP contribution in [0, 0.1) is 0 Å². The van der Waals surface area contributed by atoms with Crippen molar-refractivity contribution in [3.05, 3.63) is 48.0 Å². The molecule has 2 aliphatic rings. The average molecular weight is 385 g/mol. The van der Waals surface area contributed by atoms with Gasteiger partial charge in [-0.05, 0) is 54.9 Å². The van der Waals surface area contributed by atoms with E-state index in [9.17, 15) is 0 Å². The zero-order valence-electron chi connectivity index (χ0n) is 15.4. The molecule has 1 heterocycles. The maximum Gasteiger partial charge on any atom is 0.171 e. The maximum absolute atomic E-state index is 5.65. The fraction of sp³-hybridized carbons (Fsp3) is 0.381. The topological polar surface area (TPSA) is 51.8 Å². The number of benzene rings is 2. The molecular formula is C21H24N2O3S. The fourth-order valence-corrected chi connectivity index (χ4v) is 4.19. The third-order valence-electron chi connectivity index (χ3n) is 5.25. The number of anilines is 1. The van der Waals surface area contributed by atoms with Crippen LogP contribution >= 0.6 is 12.2 Å². The Morgan fingerprint density at radius 3 is 2.41 bits per heavy atom. The molecule has 1 saturated carbocycles. The minimum atomic E-state index is -0.135. The van der Waals surface area contributed by atoms with Gasteiger partial charge in [0.25, 0.3) is 0 Å². The van der Waals surface area contributed by atoms with Crippen molar-refractivity contribution in [2.45, 2.75) is 31.2 Å². The van der Waals surface area contributed by atoms with Crippen LogP contribution in [-0.4, -0.2) is 25.4 Å². The van der Waals surface area contributed by atoms with Crippen LogP contribution in [0.4, 0.5) is 5.69 Å². The zero-order chi connectivity index (χ0) is 18.7. The lowest BCUT2D eigenvalue weighted by Crippen LogP contribution is -2.45. The summed E-state index contributed by atoms with van der Waals surface area (Å²) in [7, 11) is 1.69. The summed E-state index contributed by atoms with van der Waals surface area (Å²) in [5, 5.41) is 7.49. The number of hydrogen-bond donors (Lipinski definition) is 2. The molecule has 0 amide bonds. The summed E-state index contributed by atoms with van der Waals surface area (Å²) >= 11 is 5.63. The van der Waals surface area contributed by atoms with Crippen molar-refractivity contribution in [3.8, 4) is 17.2 Å². The lowest BCUT2D eigenvalue weighted by Gasteiger charge is -2.32. The lowest BCUT2D eigenvalue weighted by molar-refractivity contribution is 0.171. The van der Waals surface area contributed by atoms with Gasteiger partial charge < -0.3 is 24.8 Å². The Morgan fingerprint density at radius 1 is 1.00 bits per heavy atom. The van der Waals surface area contributed by atoms with Gasteiger partial charge in [0.1, 0.15) is 19.0 Å². The summed E-state index contributed by atoms with van der Waals surface area (Å²) in [6.45, 7) is 1.16. The Bertz CT molecular complexity index is 817. The highest BCUT2D eigenvalue weighted by Crippen LogP contribution is 2.39. The Kier molecular flexibility index (Phi) is 5.07. The Balaban J connectivity index is 1.49. The molecular weight excluding hydrogens is 360 g/mol. The van der Waals surface area contributed by atoms with Crippen molar-refractivity contribution in [1.82, 2.24) is 5.32 Å². The molecule has 6 heteroatoms. The van der Waals surface area contributed by atoms with Crippen LogP contribution in [-0.2, 0) is 5.54 Å². The quantitative estimate of drug-likeness (QED) is 0.770. The summed E-state index contributed by atoms with van der Waals surface area (Å²) < 4.78 is 16.5. The van der Waals surface area contributed by atoms with Crippen molar-refractivity contribution in [2.75, 3.05) is 25.6 Å². The maximum atomic E-state index is 5.65. The number of hydrogen-bond acceptors (Lipinski definition) is 4. The molecule has 1 fully saturated rings. The SMILES string of the molecule is COc1ccc(C2(NC(=S)Nc3ccc4c(c3)OCCO4)CCCC2)cc1. The number of methoxy groups -OCH3 is 1. The van der Waals surface area contributed by atoms with E-state index in [1.54, 1.807) is 7.11 Å². The molecule has 0 radical (unpaired) electrons. The Labute approximate surface area is 165 Å². The minimum Gasteiger partial charge on any atom is -0.497 e. The van der Waals surface area contributed by atoms with E-state index in [1.165, 1.54) is 18.4 Å². The fourth-order valence-electron chi connectivity index (χ4n) is 3.88. The molecule has 0 spiro atoms. The van der Waals surface area contributed by atoms with Gasteiger partial charge >= 0.3 is 0 Å². The summed E-state index contributed by atoms with van der Waals surface area (Å²) in [6, 6.07) is 14.1. The number of ether oxygens (including phenoxy) is 3. The van der Waals surface area contributed by atoms with E-state index in [4.69, 9.17) is 26.4 Å². The van der Waals surface area contributed by atoms with E-state index in [-0.39, 0.29) is 5.54 Å². The van der Waals surface area contributed by atoms with Gasteiger partial charge in [-0.1, -0.05) is 25.0 Å². The predicted molar refractivity (Wildman–Crippen MR) is 110 cm³/mol. The molecule has 0 bridgehead atoms. The van der Waals surface area contributed by atoms with Crippen LogP contribution < -0.4 is 24.8 Å². The predicted octanol–water partition coefficient (Wildman–Crippen LogP) is 4.22. The zero-order valence-corrected chi connectivity index (χ0v) is 16.2. The van der Waals surface area contributed by atoms with Gasteiger partial charge in [-0.25, -0.2) is 0 Å². The van der Waals surface area contributed by atoms with Crippen molar-refractivity contribution in [1.29, 1.82) is 0 Å². The molecule has 4 rings (SSSR count). The summed E-state index contributed by atoms with van der Waals surface area (Å²) in [5.74, 6) is 2.39. The molecule has 0 atom stereocenters. The van der Waals surface area contributed by atoms with Crippen LogP contribution in [0.1, 0.15) is 31.2 Å². The molecule has 2 aromatic carbocycles. The monoisotopic (exact) mass is 384 g/mol. The molecule has 1 aliphatic heterocycles. The number of nitrogens with one attached hydrogen (secondary N) is 2. The van der Waals surface area contributed by atoms with Gasteiger partial charge in [-0.3, -0.25) is 0 Å². The first kappa shape index (κ1) is 17.9. The van der Waals surface area contributed by atoms with E-state index in [1.807, 2.05) is 30.3 Å². The van der Waals surface area contributed by atoms with Gasteiger partial charge in [0, 0.05) is 11.8 Å². The number of rotatable bonds is 4. The van der Waals surface area contributed by atoms with Crippen LogP contribution in [0.3, 0.4) is 0 Å². The second-order valence-corrected chi connectivity index (χ2v) is 7.36. The van der Waals surface area contributed by atoms with Crippen LogP contribution in [0.2, 0.25) is 0 Å². The highest BCUT2D eigenvalue weighted by atomic mass is 32.1. The van der Waals surface area contributed by atoms with Crippen molar-refractivity contribution >= 4 is 23.0 Å². The van der Waals surface area contributed by atoms with Gasteiger partial charge in [0.05, 0.1) is 12.6 Å². The molecule has 2 aromatic rings. The summed E-state index contributed by atoms with van der Waals surface area (Å²) in [6.07, 6.45) is 4.49. The van der Waals surface area contributed by atoms with Crippen LogP contribution in [0.25, 0.3) is 0 Å². The van der Waals surface area contributed by atoms with E-state index in [2.05, 4.69) is 22.8 Å². The van der Waals surface area contributed by atoms with E-state index in [0.717, 1.165) is 35.8 Å². The molecule has 1 aliphatic carbocycles. The van der Waals surface area contributed by atoms with E-state index >= 15 is 0 Å². The highest BCUT2D eigenvalue weighted by Gasteiger charge is 2.36. The Hall–Kier alpha value is -2.47. The minimum absolute atomic E-state index is 0.135.